The van der Waals surface area contributed by atoms with Crippen LogP contribution in [0.5, 0.6) is 0 Å². The summed E-state index contributed by atoms with van der Waals surface area (Å²) in [4.78, 5) is 10.2. The largest absolute Gasteiger partial charge is 0.272 e. The van der Waals surface area contributed by atoms with Crippen molar-refractivity contribution in [1.82, 2.24) is 0 Å². The molecular formula is C11H13NO4S. The smallest absolute Gasteiger partial charge is 0.258 e. The summed E-state index contributed by atoms with van der Waals surface area (Å²) in [6, 6.07) is 4.56. The molecule has 0 bridgehead atoms. The molecule has 0 amide bonds. The molecule has 0 heterocycles. The van der Waals surface area contributed by atoms with Gasteiger partial charge >= 0.3 is 0 Å². The molecule has 0 spiro atoms. The van der Waals surface area contributed by atoms with Gasteiger partial charge in [-0.1, -0.05) is 6.07 Å². The Labute approximate surface area is 99.5 Å². The summed E-state index contributed by atoms with van der Waals surface area (Å²) in [5, 5.41) is 10.7. The Kier molecular flexibility index (Phi) is 2.50. The highest BCUT2D eigenvalue weighted by atomic mass is 32.2. The molecular weight excluding hydrogens is 242 g/mol. The fraction of sp³-hybridized carbons (Fsp3) is 0.455. The number of nitro benzene ring substituents is 1. The monoisotopic (exact) mass is 255 g/mol. The minimum Gasteiger partial charge on any atom is -0.258 e. The van der Waals surface area contributed by atoms with Gasteiger partial charge in [-0.3, -0.25) is 10.1 Å². The van der Waals surface area contributed by atoms with Gasteiger partial charge in [-0.05, 0) is 31.4 Å². The zero-order valence-corrected chi connectivity index (χ0v) is 10.5. The van der Waals surface area contributed by atoms with Gasteiger partial charge < -0.3 is 0 Å². The first-order chi connectivity index (χ1) is 7.78. The van der Waals surface area contributed by atoms with Gasteiger partial charge in [0, 0.05) is 17.9 Å². The van der Waals surface area contributed by atoms with Crippen LogP contribution < -0.4 is 0 Å². The average Bonchev–Trinajstić information content (AvgIpc) is 2.95. The van der Waals surface area contributed by atoms with Crippen LogP contribution in [0.25, 0.3) is 0 Å². The van der Waals surface area contributed by atoms with E-state index in [1.54, 1.807) is 19.1 Å². The van der Waals surface area contributed by atoms with Crippen LogP contribution in [0.3, 0.4) is 0 Å². The maximum absolute atomic E-state index is 11.7. The zero-order chi connectivity index (χ0) is 12.8. The van der Waals surface area contributed by atoms with Crippen molar-refractivity contribution in [2.24, 2.45) is 0 Å². The van der Waals surface area contributed by atoms with Crippen LogP contribution in [0.15, 0.2) is 18.2 Å². The number of nitrogens with zero attached hydrogens (tertiary/aromatic N) is 1. The van der Waals surface area contributed by atoms with Crippen LogP contribution in [-0.4, -0.2) is 19.6 Å². The predicted octanol–water partition coefficient (Wildman–Crippen LogP) is 1.94. The number of nitro groups is 1. The third-order valence-electron chi connectivity index (χ3n) is 3.33. The fourth-order valence-electron chi connectivity index (χ4n) is 2.13. The van der Waals surface area contributed by atoms with Gasteiger partial charge in [-0.25, -0.2) is 8.42 Å². The van der Waals surface area contributed by atoms with Gasteiger partial charge in [0.1, 0.15) is 0 Å². The lowest BCUT2D eigenvalue weighted by Crippen LogP contribution is -2.19. The molecule has 17 heavy (non-hydrogen) atoms. The molecule has 0 radical (unpaired) electrons. The molecule has 0 saturated heterocycles. The molecule has 1 saturated carbocycles. The fourth-order valence-corrected chi connectivity index (χ4v) is 3.53. The average molecular weight is 255 g/mol. The second-order valence-electron chi connectivity index (χ2n) is 4.52. The molecule has 1 fully saturated rings. The van der Waals surface area contributed by atoms with Crippen LogP contribution in [0.4, 0.5) is 5.69 Å². The lowest BCUT2D eigenvalue weighted by Gasteiger charge is -2.13. The number of aryl methyl sites for hydroxylation is 1. The molecule has 1 aromatic carbocycles. The molecule has 6 heteroatoms. The van der Waals surface area contributed by atoms with Crippen LogP contribution in [0, 0.1) is 17.0 Å². The number of hydrogen-bond acceptors (Lipinski definition) is 4. The summed E-state index contributed by atoms with van der Waals surface area (Å²) in [7, 11) is -3.16. The van der Waals surface area contributed by atoms with Crippen molar-refractivity contribution in [3.05, 3.63) is 39.4 Å². The van der Waals surface area contributed by atoms with Crippen molar-refractivity contribution >= 4 is 15.5 Å². The Morgan fingerprint density at radius 2 is 1.94 bits per heavy atom. The van der Waals surface area contributed by atoms with Crippen LogP contribution >= 0.6 is 0 Å². The molecule has 0 atom stereocenters. The highest BCUT2D eigenvalue weighted by molar-refractivity contribution is 7.92. The van der Waals surface area contributed by atoms with Gasteiger partial charge in [0.2, 0.25) is 0 Å². The lowest BCUT2D eigenvalue weighted by atomic mass is 10.1. The summed E-state index contributed by atoms with van der Waals surface area (Å²) in [5.41, 5.74) is 1.20. The van der Waals surface area contributed by atoms with Crippen molar-refractivity contribution in [3.63, 3.8) is 0 Å². The molecule has 1 aromatic rings. The van der Waals surface area contributed by atoms with Crippen LogP contribution in [-0.2, 0) is 14.6 Å². The zero-order valence-electron chi connectivity index (χ0n) is 9.63. The quantitative estimate of drug-likeness (QED) is 0.610. The van der Waals surface area contributed by atoms with Crippen LogP contribution in [0.2, 0.25) is 0 Å². The van der Waals surface area contributed by atoms with E-state index in [1.165, 1.54) is 12.3 Å². The van der Waals surface area contributed by atoms with Crippen molar-refractivity contribution < 1.29 is 13.3 Å². The molecule has 2 rings (SSSR count). The Bertz CT molecular complexity index is 587. The molecule has 0 N–H and O–H groups in total. The third-order valence-corrected chi connectivity index (χ3v) is 5.40. The molecule has 0 aromatic heterocycles. The van der Waals surface area contributed by atoms with E-state index in [4.69, 9.17) is 0 Å². The van der Waals surface area contributed by atoms with E-state index >= 15 is 0 Å². The minimum absolute atomic E-state index is 0.0260. The van der Waals surface area contributed by atoms with Gasteiger partial charge in [-0.2, -0.15) is 0 Å². The topological polar surface area (TPSA) is 77.3 Å². The third kappa shape index (κ3) is 1.82. The molecule has 0 unspecified atom stereocenters. The molecule has 1 aliphatic carbocycles. The first-order valence-electron chi connectivity index (χ1n) is 5.23. The normalized spacial score (nSPS) is 17.8. The van der Waals surface area contributed by atoms with Crippen molar-refractivity contribution in [2.45, 2.75) is 24.5 Å². The summed E-state index contributed by atoms with van der Waals surface area (Å²) >= 11 is 0. The first-order valence-corrected chi connectivity index (χ1v) is 7.12. The second kappa shape index (κ2) is 3.53. The summed E-state index contributed by atoms with van der Waals surface area (Å²) < 4.78 is 22.6. The van der Waals surface area contributed by atoms with E-state index in [1.807, 2.05) is 0 Å². The van der Waals surface area contributed by atoms with Gasteiger partial charge in [-0.15, -0.1) is 0 Å². The predicted molar refractivity (Wildman–Crippen MR) is 63.6 cm³/mol. The van der Waals surface area contributed by atoms with E-state index in [2.05, 4.69) is 0 Å². The molecule has 0 aliphatic heterocycles. The molecule has 5 nitrogen and oxygen atoms in total. The van der Waals surface area contributed by atoms with Crippen molar-refractivity contribution in [2.75, 3.05) is 6.26 Å². The Morgan fingerprint density at radius 1 is 1.35 bits per heavy atom. The second-order valence-corrected chi connectivity index (χ2v) is 6.85. The lowest BCUT2D eigenvalue weighted by molar-refractivity contribution is -0.385. The summed E-state index contributed by atoms with van der Waals surface area (Å²) in [6.45, 7) is 1.62. The van der Waals surface area contributed by atoms with Crippen molar-refractivity contribution in [3.8, 4) is 0 Å². The SMILES string of the molecule is Cc1cc(C2(S(C)(=O)=O)CC2)ccc1[N+](=O)[O-]. The van der Waals surface area contributed by atoms with Crippen LogP contribution in [0.1, 0.15) is 24.0 Å². The van der Waals surface area contributed by atoms with Gasteiger partial charge in [0.05, 0.1) is 9.67 Å². The number of benzene rings is 1. The van der Waals surface area contributed by atoms with Gasteiger partial charge in [0.25, 0.3) is 5.69 Å². The maximum atomic E-state index is 11.7. The standard InChI is InChI=1S/C11H13NO4S/c1-8-7-9(3-4-10(8)12(13)14)11(5-6-11)17(2,15)16/h3-4,7H,5-6H2,1-2H3. The number of rotatable bonds is 3. The Morgan fingerprint density at radius 3 is 2.29 bits per heavy atom. The number of hydrogen-bond donors (Lipinski definition) is 0. The van der Waals surface area contributed by atoms with E-state index < -0.39 is 19.5 Å². The molecule has 1 aliphatic rings. The van der Waals surface area contributed by atoms with Gasteiger partial charge in [0.15, 0.2) is 9.84 Å². The highest BCUT2D eigenvalue weighted by Gasteiger charge is 2.53. The maximum Gasteiger partial charge on any atom is 0.272 e. The van der Waals surface area contributed by atoms with E-state index in [9.17, 15) is 18.5 Å². The van der Waals surface area contributed by atoms with Crippen molar-refractivity contribution in [1.29, 1.82) is 0 Å². The first kappa shape index (κ1) is 12.0. The number of sulfone groups is 1. The Balaban J connectivity index is 2.50. The minimum atomic E-state index is -3.16. The summed E-state index contributed by atoms with van der Waals surface area (Å²) in [6.07, 6.45) is 2.42. The van der Waals surface area contributed by atoms with E-state index in [0.29, 0.717) is 24.0 Å². The molecule has 92 valence electrons. The summed E-state index contributed by atoms with van der Waals surface area (Å²) in [5.74, 6) is 0. The van der Waals surface area contributed by atoms with E-state index in [-0.39, 0.29) is 5.69 Å². The van der Waals surface area contributed by atoms with E-state index in [0.717, 1.165) is 0 Å². The highest BCUT2D eigenvalue weighted by Crippen LogP contribution is 2.52. The Hall–Kier alpha value is -1.43.